The molecule has 0 fully saturated rings. The maximum atomic E-state index is 3.67. The van der Waals surface area contributed by atoms with Crippen molar-refractivity contribution in [3.63, 3.8) is 0 Å². The maximum absolute atomic E-state index is 3.67. The van der Waals surface area contributed by atoms with E-state index in [9.17, 15) is 0 Å². The van der Waals surface area contributed by atoms with Crippen LogP contribution in [0.1, 0.15) is 0 Å². The lowest BCUT2D eigenvalue weighted by atomic mass is 9.96. The van der Waals surface area contributed by atoms with E-state index in [0.717, 1.165) is 62.6 Å². The van der Waals surface area contributed by atoms with E-state index in [1.54, 1.807) is 0 Å². The second kappa shape index (κ2) is 35.1. The van der Waals surface area contributed by atoms with E-state index in [1.807, 2.05) is 69.6 Å². The summed E-state index contributed by atoms with van der Waals surface area (Å²) in [6.07, 6.45) is 0. The quantitative estimate of drug-likeness (QED) is 0.0824. The van der Waals surface area contributed by atoms with Crippen LogP contribution >= 0.6 is 45.3 Å². The normalized spacial score (nSPS) is 11.2. The van der Waals surface area contributed by atoms with Crippen molar-refractivity contribution in [2.45, 2.75) is 0 Å². The minimum absolute atomic E-state index is 1.09. The lowest BCUT2D eigenvalue weighted by molar-refractivity contribution is 1.28. The topological polar surface area (TPSA) is 51.4 Å². The summed E-state index contributed by atoms with van der Waals surface area (Å²) in [6, 6.07) is 166. The Morgan fingerprint density at radius 1 is 0.168 bits per heavy atom. The van der Waals surface area contributed by atoms with Gasteiger partial charge in [-0.25, -0.2) is 0 Å². The smallest absolute Gasteiger partial charge is 0.0479 e. The summed E-state index contributed by atoms with van der Waals surface area (Å²) in [4.78, 5) is 2.32. The molecule has 0 spiro atoms. The molecule has 0 aliphatic rings. The van der Waals surface area contributed by atoms with Gasteiger partial charge < -0.3 is 26.2 Å². The third-order valence-corrected chi connectivity index (χ3v) is 27.8. The lowest BCUT2D eigenvalue weighted by Gasteiger charge is -2.26. The van der Waals surface area contributed by atoms with E-state index in [4.69, 9.17) is 0 Å². The van der Waals surface area contributed by atoms with Gasteiger partial charge in [0.1, 0.15) is 0 Å². The molecule has 4 heterocycles. The molecule has 594 valence electrons. The molecule has 0 atom stereocenters. The zero-order valence-corrected chi connectivity index (χ0v) is 71.3. The van der Waals surface area contributed by atoms with Crippen LogP contribution in [0.5, 0.6) is 0 Å². The van der Waals surface area contributed by atoms with Gasteiger partial charge in [0.15, 0.2) is 0 Å². The van der Waals surface area contributed by atoms with Gasteiger partial charge in [0.25, 0.3) is 0 Å². The third kappa shape index (κ3) is 16.1. The molecule has 4 aromatic heterocycles. The molecular weight excluding hydrogens is 1590 g/mol. The minimum Gasteiger partial charge on any atom is -0.355 e. The van der Waals surface area contributed by atoms with Gasteiger partial charge in [-0.1, -0.05) is 315 Å². The summed E-state index contributed by atoms with van der Waals surface area (Å²) >= 11 is 7.48. The Labute approximate surface area is 742 Å². The molecule has 0 bridgehead atoms. The zero-order chi connectivity index (χ0) is 83.2. The standard InChI is InChI=1S/C36H26N2S.2C28H19NS.C24H17NS/c1-4-14-27(15-5-1)37-33-24-23-31(36-35(33)32-21-10-11-22-34(32)39-36)26-13-12-20-30(25-26)38(28-16-6-2-7-17-28)29-18-8-3-9-19-29;1-2-11-20(12-3-1)29-25-18-17-23(22-15-8-10-19-9-4-5-13-21(19)22)28-27(25)24-14-6-7-16-26(24)30-28;1-2-10-22(11-3-1)29-23-17-25(21-15-14-19-8-4-5-9-20(19)16-21)28-26(18-23)24-12-6-7-13-27(24)30-28;1-3-9-17(10-4-1)21-15-19(25-18-11-5-2-6-12-18)16-22-20-13-7-8-14-23(20)26-24(21)22/h1-25,37H;2*1-18,29H;1-16,25H. The number of anilines is 11. The van der Waals surface area contributed by atoms with Crippen molar-refractivity contribution < 1.29 is 0 Å². The number of nitrogens with zero attached hydrogens (tertiary/aromatic N) is 1. The largest absolute Gasteiger partial charge is 0.355 e. The van der Waals surface area contributed by atoms with Crippen LogP contribution in [-0.4, -0.2) is 0 Å². The highest BCUT2D eigenvalue weighted by atomic mass is 32.1. The molecule has 24 rings (SSSR count). The summed E-state index contributed by atoms with van der Waals surface area (Å²) in [5, 5.41) is 30.0. The zero-order valence-electron chi connectivity index (χ0n) is 68.0. The van der Waals surface area contributed by atoms with Crippen molar-refractivity contribution in [3.8, 4) is 44.5 Å². The first kappa shape index (κ1) is 77.1. The van der Waals surface area contributed by atoms with Gasteiger partial charge in [-0.2, -0.15) is 0 Å². The van der Waals surface area contributed by atoms with Crippen LogP contribution in [-0.2, 0) is 0 Å². The van der Waals surface area contributed by atoms with Crippen LogP contribution in [0.4, 0.5) is 62.6 Å². The van der Waals surface area contributed by atoms with Gasteiger partial charge in [0.2, 0.25) is 0 Å². The number of hydrogen-bond acceptors (Lipinski definition) is 9. The lowest BCUT2D eigenvalue weighted by Crippen LogP contribution is -2.09. The number of thiophene rings is 4. The average molecular weight is 1670 g/mol. The van der Waals surface area contributed by atoms with Crippen molar-refractivity contribution in [2.24, 2.45) is 0 Å². The first-order valence-corrected chi connectivity index (χ1v) is 45.3. The molecule has 125 heavy (non-hydrogen) atoms. The van der Waals surface area contributed by atoms with Gasteiger partial charge in [-0.3, -0.25) is 0 Å². The molecule has 0 unspecified atom stereocenters. The predicted molar refractivity (Wildman–Crippen MR) is 548 cm³/mol. The highest BCUT2D eigenvalue weighted by Gasteiger charge is 2.22. The Hall–Kier alpha value is -15.2. The minimum atomic E-state index is 1.09. The molecule has 0 amide bonds. The van der Waals surface area contributed by atoms with E-state index < -0.39 is 0 Å². The summed E-state index contributed by atoms with van der Waals surface area (Å²) < 4.78 is 10.6. The van der Waals surface area contributed by atoms with E-state index in [-0.39, 0.29) is 0 Å². The van der Waals surface area contributed by atoms with E-state index in [0.29, 0.717) is 0 Å². The number of hydrogen-bond donors (Lipinski definition) is 4. The van der Waals surface area contributed by atoms with E-state index >= 15 is 0 Å². The predicted octanol–water partition coefficient (Wildman–Crippen LogP) is 35.6. The molecule has 9 heteroatoms. The summed E-state index contributed by atoms with van der Waals surface area (Å²) in [7, 11) is 0. The van der Waals surface area contributed by atoms with Gasteiger partial charge in [0.05, 0.1) is 0 Å². The Morgan fingerprint density at radius 2 is 0.520 bits per heavy atom. The highest BCUT2D eigenvalue weighted by molar-refractivity contribution is 7.27. The Kier molecular flexibility index (Phi) is 21.7. The Balaban J connectivity index is 0.000000103. The third-order valence-electron chi connectivity index (χ3n) is 22.9. The van der Waals surface area contributed by atoms with Crippen LogP contribution in [0.15, 0.2) is 467 Å². The van der Waals surface area contributed by atoms with Gasteiger partial charge in [0, 0.05) is 160 Å². The molecule has 0 saturated heterocycles. The van der Waals surface area contributed by atoms with Crippen molar-refractivity contribution in [2.75, 3.05) is 26.2 Å². The van der Waals surface area contributed by atoms with Crippen molar-refractivity contribution in [3.05, 3.63) is 467 Å². The fraction of sp³-hybridized carbons (Fsp3) is 0. The molecule has 0 saturated carbocycles. The second-order valence-electron chi connectivity index (χ2n) is 30.9. The monoisotopic (exact) mass is 1670 g/mol. The Morgan fingerprint density at radius 3 is 1.03 bits per heavy atom. The van der Waals surface area contributed by atoms with Crippen LogP contribution in [0.25, 0.3) is 147 Å². The fourth-order valence-electron chi connectivity index (χ4n) is 17.1. The van der Waals surface area contributed by atoms with Crippen molar-refractivity contribution in [1.82, 2.24) is 0 Å². The number of para-hydroxylation sites is 6. The fourth-order valence-corrected chi connectivity index (χ4v) is 22.1. The van der Waals surface area contributed by atoms with E-state index in [2.05, 4.69) is 469 Å². The second-order valence-corrected chi connectivity index (χ2v) is 35.1. The summed E-state index contributed by atoms with van der Waals surface area (Å²) in [6.45, 7) is 0. The highest BCUT2D eigenvalue weighted by Crippen LogP contribution is 2.50. The molecule has 4 N–H and O–H groups in total. The van der Waals surface area contributed by atoms with E-state index in [1.165, 1.54) is 147 Å². The average Bonchev–Trinajstić information content (AvgIpc) is 1.63. The van der Waals surface area contributed by atoms with Crippen LogP contribution in [0.3, 0.4) is 0 Å². The molecule has 5 nitrogen and oxygen atoms in total. The maximum Gasteiger partial charge on any atom is 0.0479 e. The first-order chi connectivity index (χ1) is 62.0. The van der Waals surface area contributed by atoms with Crippen LogP contribution in [0, 0.1) is 0 Å². The summed E-state index contributed by atoms with van der Waals surface area (Å²) in [5.74, 6) is 0. The number of rotatable bonds is 15. The van der Waals surface area contributed by atoms with Crippen LogP contribution < -0.4 is 26.2 Å². The molecule has 24 aromatic rings. The number of fused-ring (bicyclic) bond motifs is 14. The summed E-state index contributed by atoms with van der Waals surface area (Å²) in [5.41, 5.74) is 22.4. The van der Waals surface area contributed by atoms with Gasteiger partial charge in [-0.05, 0) is 201 Å². The number of benzene rings is 20. The molecule has 0 radical (unpaired) electrons. The number of nitrogens with one attached hydrogen (secondary N) is 4. The van der Waals surface area contributed by atoms with Crippen molar-refractivity contribution in [1.29, 1.82) is 0 Å². The molecule has 0 aliphatic carbocycles. The first-order valence-electron chi connectivity index (χ1n) is 42.1. The van der Waals surface area contributed by atoms with Crippen molar-refractivity contribution >= 4 is 210 Å². The van der Waals surface area contributed by atoms with Crippen LogP contribution in [0.2, 0.25) is 0 Å². The molecule has 20 aromatic carbocycles. The SMILES string of the molecule is c1ccc(Nc2cc(-c3ccc4ccccc4c3)c3sc4ccccc4c3c2)cc1.c1ccc(Nc2cc(-c3ccccc3)c3sc4ccccc4c3c2)cc1.c1ccc(Nc2ccc(-c3cccc(N(c4ccccc4)c4ccccc4)c3)c3sc4ccccc4c23)cc1.c1ccc(Nc2ccc(-c3cccc4ccccc34)c3sc4ccccc4c23)cc1. The van der Waals surface area contributed by atoms with Gasteiger partial charge >= 0.3 is 0 Å². The molecular formula is C116H81N5S4. The van der Waals surface area contributed by atoms with Gasteiger partial charge in [-0.15, -0.1) is 45.3 Å². The Bertz CT molecular complexity index is 7930. The molecule has 0 aliphatic heterocycles.